The minimum Gasteiger partial charge on any atom is -0.364 e. The van der Waals surface area contributed by atoms with Crippen LogP contribution in [0.4, 0.5) is 0 Å². The Kier molecular flexibility index (Phi) is 7.26. The second-order valence-electron chi connectivity index (χ2n) is 2.57. The van der Waals surface area contributed by atoms with Gasteiger partial charge in [-0.25, -0.2) is 0 Å². The van der Waals surface area contributed by atoms with Gasteiger partial charge in [0, 0.05) is 13.7 Å². The quantitative estimate of drug-likeness (QED) is 0.548. The van der Waals surface area contributed by atoms with Crippen molar-refractivity contribution in [3.63, 3.8) is 0 Å². The van der Waals surface area contributed by atoms with Crippen molar-refractivity contribution in [1.29, 1.82) is 0 Å². The Hall–Kier alpha value is -0.500. The molecule has 2 heteroatoms. The highest BCUT2D eigenvalue weighted by atomic mass is 16.5. The lowest BCUT2D eigenvalue weighted by Crippen LogP contribution is -2.20. The van der Waals surface area contributed by atoms with E-state index in [1.807, 2.05) is 13.0 Å². The molecule has 0 bridgehead atoms. The maximum atomic E-state index is 5.03. The van der Waals surface area contributed by atoms with Crippen LogP contribution in [0.15, 0.2) is 12.3 Å². The summed E-state index contributed by atoms with van der Waals surface area (Å²) in [5.41, 5.74) is 0. The van der Waals surface area contributed by atoms with Crippen LogP contribution in [0, 0.1) is 0 Å². The summed E-state index contributed by atoms with van der Waals surface area (Å²) in [6, 6.07) is 0. The van der Waals surface area contributed by atoms with Crippen LogP contribution >= 0.6 is 0 Å². The third-order valence-corrected chi connectivity index (χ3v) is 1.45. The van der Waals surface area contributed by atoms with E-state index in [1.54, 1.807) is 7.11 Å². The first-order valence-electron chi connectivity index (χ1n) is 4.21. The monoisotopic (exact) mass is 157 g/mol. The average molecular weight is 157 g/mol. The van der Waals surface area contributed by atoms with Gasteiger partial charge in [-0.1, -0.05) is 19.4 Å². The highest BCUT2D eigenvalue weighted by Gasteiger charge is 1.94. The molecule has 0 aliphatic carbocycles. The zero-order chi connectivity index (χ0) is 8.53. The van der Waals surface area contributed by atoms with Crippen LogP contribution in [-0.4, -0.2) is 25.3 Å². The number of rotatable bonds is 6. The zero-order valence-corrected chi connectivity index (χ0v) is 7.84. The van der Waals surface area contributed by atoms with Gasteiger partial charge in [0.1, 0.15) is 6.73 Å². The molecule has 0 aromatic rings. The van der Waals surface area contributed by atoms with Gasteiger partial charge < -0.3 is 9.64 Å². The number of methoxy groups -OCH3 is 1. The Morgan fingerprint density at radius 3 is 2.64 bits per heavy atom. The predicted molar refractivity (Wildman–Crippen MR) is 48.3 cm³/mol. The Bertz CT molecular complexity index is 102. The average Bonchev–Trinajstić information content (AvgIpc) is 2.01. The molecule has 0 radical (unpaired) electrons. The van der Waals surface area contributed by atoms with Gasteiger partial charge in [0.05, 0.1) is 0 Å². The Morgan fingerprint density at radius 1 is 1.45 bits per heavy atom. The summed E-state index contributed by atoms with van der Waals surface area (Å²) in [6.45, 7) is 6.01. The summed E-state index contributed by atoms with van der Waals surface area (Å²) in [6.07, 6.45) is 6.57. The van der Waals surface area contributed by atoms with Crippen LogP contribution in [0.1, 0.15) is 26.7 Å². The summed E-state index contributed by atoms with van der Waals surface area (Å²) < 4.78 is 5.03. The first-order chi connectivity index (χ1) is 5.35. The molecule has 0 heterocycles. The van der Waals surface area contributed by atoms with Crippen LogP contribution in [0.2, 0.25) is 0 Å². The molecule has 0 rings (SSSR count). The molecule has 0 aromatic carbocycles. The van der Waals surface area contributed by atoms with Crippen molar-refractivity contribution in [2.75, 3.05) is 20.4 Å². The standard InChI is InChI=1S/C9H19NO/c1-4-6-8-10(7-5-2)9-11-3/h5,7H,4,6,8-9H2,1-3H3. The van der Waals surface area contributed by atoms with Gasteiger partial charge in [0.25, 0.3) is 0 Å². The number of ether oxygens (including phenoxy) is 1. The van der Waals surface area contributed by atoms with Crippen LogP contribution in [-0.2, 0) is 4.74 Å². The van der Waals surface area contributed by atoms with E-state index in [-0.39, 0.29) is 0 Å². The smallest absolute Gasteiger partial charge is 0.118 e. The van der Waals surface area contributed by atoms with Gasteiger partial charge in [-0.15, -0.1) is 0 Å². The van der Waals surface area contributed by atoms with E-state index < -0.39 is 0 Å². The number of nitrogens with zero attached hydrogens (tertiary/aromatic N) is 1. The Morgan fingerprint density at radius 2 is 2.18 bits per heavy atom. The van der Waals surface area contributed by atoms with E-state index >= 15 is 0 Å². The topological polar surface area (TPSA) is 12.5 Å². The number of hydrogen-bond donors (Lipinski definition) is 0. The van der Waals surface area contributed by atoms with Crippen LogP contribution in [0.25, 0.3) is 0 Å². The van der Waals surface area contributed by atoms with Crippen molar-refractivity contribution >= 4 is 0 Å². The summed E-state index contributed by atoms with van der Waals surface area (Å²) in [5, 5.41) is 0. The van der Waals surface area contributed by atoms with Crippen molar-refractivity contribution in [2.45, 2.75) is 26.7 Å². The molecule has 0 amide bonds. The molecule has 0 aliphatic rings. The summed E-state index contributed by atoms with van der Waals surface area (Å²) in [5.74, 6) is 0. The fourth-order valence-corrected chi connectivity index (χ4v) is 0.920. The molecule has 2 nitrogen and oxygen atoms in total. The number of hydrogen-bond acceptors (Lipinski definition) is 2. The lowest BCUT2D eigenvalue weighted by atomic mass is 10.3. The van der Waals surface area contributed by atoms with E-state index in [0.29, 0.717) is 6.73 Å². The molecule has 0 aromatic heterocycles. The molecule has 0 aliphatic heterocycles. The SMILES string of the molecule is CC=CN(CCCC)COC. The lowest BCUT2D eigenvalue weighted by Gasteiger charge is -2.18. The molecule has 11 heavy (non-hydrogen) atoms. The molecular weight excluding hydrogens is 138 g/mol. The molecule has 0 saturated carbocycles. The maximum Gasteiger partial charge on any atom is 0.118 e. The van der Waals surface area contributed by atoms with Crippen molar-refractivity contribution in [3.8, 4) is 0 Å². The first-order valence-corrected chi connectivity index (χ1v) is 4.21. The predicted octanol–water partition coefficient (Wildman–Crippen LogP) is 2.23. The van der Waals surface area contributed by atoms with E-state index in [2.05, 4.69) is 18.0 Å². The largest absolute Gasteiger partial charge is 0.364 e. The molecular formula is C9H19NO. The third kappa shape index (κ3) is 5.92. The maximum absolute atomic E-state index is 5.03. The van der Waals surface area contributed by atoms with Gasteiger partial charge in [-0.2, -0.15) is 0 Å². The zero-order valence-electron chi connectivity index (χ0n) is 7.84. The van der Waals surface area contributed by atoms with Crippen molar-refractivity contribution < 1.29 is 4.74 Å². The lowest BCUT2D eigenvalue weighted by molar-refractivity contribution is 0.0949. The molecule has 0 fully saturated rings. The van der Waals surface area contributed by atoms with E-state index in [0.717, 1.165) is 6.54 Å². The summed E-state index contributed by atoms with van der Waals surface area (Å²) in [4.78, 5) is 2.17. The summed E-state index contributed by atoms with van der Waals surface area (Å²) >= 11 is 0. The van der Waals surface area contributed by atoms with Crippen molar-refractivity contribution in [2.24, 2.45) is 0 Å². The van der Waals surface area contributed by atoms with E-state index in [9.17, 15) is 0 Å². The fourth-order valence-electron chi connectivity index (χ4n) is 0.920. The normalized spacial score (nSPS) is 10.8. The van der Waals surface area contributed by atoms with Crippen LogP contribution in [0.5, 0.6) is 0 Å². The fraction of sp³-hybridized carbons (Fsp3) is 0.778. The van der Waals surface area contributed by atoms with Crippen molar-refractivity contribution in [1.82, 2.24) is 4.90 Å². The molecule has 0 saturated heterocycles. The second kappa shape index (κ2) is 7.61. The molecule has 0 spiro atoms. The molecule has 66 valence electrons. The number of unbranched alkanes of at least 4 members (excludes halogenated alkanes) is 1. The van der Waals surface area contributed by atoms with Gasteiger partial charge in [-0.3, -0.25) is 0 Å². The van der Waals surface area contributed by atoms with Crippen LogP contribution in [0.3, 0.4) is 0 Å². The highest BCUT2D eigenvalue weighted by molar-refractivity contribution is 4.76. The van der Waals surface area contributed by atoms with Gasteiger partial charge >= 0.3 is 0 Å². The number of allylic oxidation sites excluding steroid dienone is 1. The molecule has 0 N–H and O–H groups in total. The van der Waals surface area contributed by atoms with Crippen LogP contribution < -0.4 is 0 Å². The first kappa shape index (κ1) is 10.5. The molecule has 0 atom stereocenters. The Labute approximate surface area is 69.8 Å². The van der Waals surface area contributed by atoms with E-state index in [1.165, 1.54) is 12.8 Å². The van der Waals surface area contributed by atoms with Gasteiger partial charge in [-0.05, 0) is 19.5 Å². The minimum absolute atomic E-state index is 0.699. The Balaban J connectivity index is 3.51. The highest BCUT2D eigenvalue weighted by Crippen LogP contribution is 1.95. The van der Waals surface area contributed by atoms with Gasteiger partial charge in [0.2, 0.25) is 0 Å². The molecule has 0 unspecified atom stereocenters. The van der Waals surface area contributed by atoms with Crippen molar-refractivity contribution in [3.05, 3.63) is 12.3 Å². The van der Waals surface area contributed by atoms with Gasteiger partial charge in [0.15, 0.2) is 0 Å². The van der Waals surface area contributed by atoms with E-state index in [4.69, 9.17) is 4.74 Å². The second-order valence-corrected chi connectivity index (χ2v) is 2.57. The summed E-state index contributed by atoms with van der Waals surface area (Å²) in [7, 11) is 1.72. The third-order valence-electron chi connectivity index (χ3n) is 1.45. The minimum atomic E-state index is 0.699.